The second-order valence-electron chi connectivity index (χ2n) is 8.36. The largest absolute Gasteiger partial charge is 0.490 e. The fraction of sp³-hybridized carbons (Fsp3) is 0.375. The Kier molecular flexibility index (Phi) is 5.40. The molecule has 31 heavy (non-hydrogen) atoms. The van der Waals surface area contributed by atoms with Gasteiger partial charge in [0.2, 0.25) is 5.91 Å². The van der Waals surface area contributed by atoms with Gasteiger partial charge in [-0.15, -0.1) is 10.2 Å². The number of hydrogen-bond acceptors (Lipinski definition) is 4. The van der Waals surface area contributed by atoms with Crippen molar-refractivity contribution >= 4 is 17.5 Å². The number of aromatic nitrogens is 3. The summed E-state index contributed by atoms with van der Waals surface area (Å²) in [6.45, 7) is 2.55. The summed E-state index contributed by atoms with van der Waals surface area (Å²) in [5.41, 5.74) is 2.04. The van der Waals surface area contributed by atoms with Crippen LogP contribution in [0.5, 0.6) is 5.75 Å². The van der Waals surface area contributed by atoms with E-state index in [2.05, 4.69) is 14.8 Å². The maximum Gasteiger partial charge on any atom is 0.220 e. The highest BCUT2D eigenvalue weighted by Gasteiger charge is 2.31. The maximum absolute atomic E-state index is 12.2. The van der Waals surface area contributed by atoms with Crippen LogP contribution in [-0.2, 0) is 17.9 Å². The van der Waals surface area contributed by atoms with Crippen molar-refractivity contribution in [1.82, 2.24) is 19.7 Å². The van der Waals surface area contributed by atoms with Crippen molar-refractivity contribution in [2.24, 2.45) is 0 Å². The maximum atomic E-state index is 12.2. The van der Waals surface area contributed by atoms with Gasteiger partial charge in [-0.3, -0.25) is 9.36 Å². The molecule has 0 atom stereocenters. The number of carbonyl (C=O) groups is 1. The van der Waals surface area contributed by atoms with Crippen LogP contribution in [0.4, 0.5) is 0 Å². The molecule has 0 spiro atoms. The summed E-state index contributed by atoms with van der Waals surface area (Å²) < 4.78 is 8.31. The highest BCUT2D eigenvalue weighted by Crippen LogP contribution is 2.37. The van der Waals surface area contributed by atoms with E-state index in [4.69, 9.17) is 16.3 Å². The van der Waals surface area contributed by atoms with Crippen LogP contribution in [0.3, 0.4) is 0 Å². The van der Waals surface area contributed by atoms with Crippen molar-refractivity contribution in [1.29, 1.82) is 0 Å². The van der Waals surface area contributed by atoms with Crippen molar-refractivity contribution in [2.75, 3.05) is 0 Å². The molecule has 3 aromatic rings. The number of ether oxygens (including phenoxy) is 1. The van der Waals surface area contributed by atoms with E-state index in [1.54, 1.807) is 11.8 Å². The van der Waals surface area contributed by atoms with Gasteiger partial charge in [-0.1, -0.05) is 29.8 Å². The lowest BCUT2D eigenvalue weighted by molar-refractivity contribution is -0.130. The zero-order chi connectivity index (χ0) is 21.4. The minimum Gasteiger partial charge on any atom is -0.490 e. The molecule has 2 heterocycles. The number of halogens is 1. The molecule has 1 aliphatic carbocycles. The van der Waals surface area contributed by atoms with E-state index in [9.17, 15) is 4.79 Å². The number of para-hydroxylation sites is 1. The van der Waals surface area contributed by atoms with Gasteiger partial charge >= 0.3 is 0 Å². The Hall–Kier alpha value is -2.86. The predicted molar refractivity (Wildman–Crippen MR) is 118 cm³/mol. The van der Waals surface area contributed by atoms with E-state index in [0.29, 0.717) is 24.0 Å². The number of amides is 1. The van der Waals surface area contributed by atoms with Crippen LogP contribution < -0.4 is 4.74 Å². The SMILES string of the molecule is CC(=O)N1Cc2cc(Cl)ccc2-n2c(nnc2C2CCC(Oc3ccccc3)CC2)C1. The normalized spacial score (nSPS) is 20.5. The predicted octanol–water partition coefficient (Wildman–Crippen LogP) is 4.89. The number of fused-ring (bicyclic) bond motifs is 3. The molecule has 7 heteroatoms. The van der Waals surface area contributed by atoms with E-state index in [1.807, 2.05) is 48.5 Å². The molecule has 1 saturated carbocycles. The molecular formula is C24H25ClN4O2. The summed E-state index contributed by atoms with van der Waals surface area (Å²) >= 11 is 6.27. The van der Waals surface area contributed by atoms with E-state index < -0.39 is 0 Å². The molecule has 0 radical (unpaired) electrons. The van der Waals surface area contributed by atoms with Crippen molar-refractivity contribution in [2.45, 2.75) is 57.7 Å². The smallest absolute Gasteiger partial charge is 0.220 e. The Morgan fingerprint density at radius 1 is 1.03 bits per heavy atom. The van der Waals surface area contributed by atoms with E-state index in [0.717, 1.165) is 54.3 Å². The third kappa shape index (κ3) is 4.04. The topological polar surface area (TPSA) is 60.2 Å². The lowest BCUT2D eigenvalue weighted by Gasteiger charge is -2.29. The Labute approximate surface area is 186 Å². The van der Waals surface area contributed by atoms with Crippen molar-refractivity contribution in [3.05, 3.63) is 70.8 Å². The van der Waals surface area contributed by atoms with Gasteiger partial charge in [0.05, 0.1) is 18.3 Å². The average molecular weight is 437 g/mol. The highest BCUT2D eigenvalue weighted by molar-refractivity contribution is 6.30. The summed E-state index contributed by atoms with van der Waals surface area (Å²) in [6.07, 6.45) is 4.18. The molecule has 0 saturated heterocycles. The number of nitrogens with zero attached hydrogens (tertiary/aromatic N) is 4. The quantitative estimate of drug-likeness (QED) is 0.586. The van der Waals surface area contributed by atoms with Gasteiger partial charge in [0.15, 0.2) is 5.82 Å². The molecule has 1 aliphatic heterocycles. The highest BCUT2D eigenvalue weighted by atomic mass is 35.5. The molecular weight excluding hydrogens is 412 g/mol. The molecule has 0 N–H and O–H groups in total. The average Bonchev–Trinajstić information content (AvgIpc) is 3.10. The molecule has 0 unspecified atom stereocenters. The fourth-order valence-corrected chi connectivity index (χ4v) is 4.84. The minimum atomic E-state index is 0.0162. The first-order valence-corrected chi connectivity index (χ1v) is 11.2. The standard InChI is InChI=1S/C24H25ClN4O2/c1-16(30)28-14-18-13-19(25)9-12-22(18)29-23(15-28)26-27-24(29)17-7-10-21(11-8-17)31-20-5-3-2-4-6-20/h2-6,9,12-13,17,21H,7-8,10-11,14-15H2,1H3. The van der Waals surface area contributed by atoms with Gasteiger partial charge in [0, 0.05) is 24.4 Å². The second kappa shape index (κ2) is 8.35. The number of hydrogen-bond donors (Lipinski definition) is 0. The molecule has 0 bridgehead atoms. The minimum absolute atomic E-state index is 0.0162. The summed E-state index contributed by atoms with van der Waals surface area (Å²) in [6, 6.07) is 15.9. The van der Waals surface area contributed by atoms with Crippen LogP contribution in [-0.4, -0.2) is 31.7 Å². The van der Waals surface area contributed by atoms with Crippen molar-refractivity contribution in [3.63, 3.8) is 0 Å². The molecule has 1 amide bonds. The first-order valence-electron chi connectivity index (χ1n) is 10.8. The molecule has 1 fully saturated rings. The van der Waals surface area contributed by atoms with Crippen LogP contribution in [0.2, 0.25) is 5.02 Å². The Balaban J connectivity index is 1.41. The lowest BCUT2D eigenvalue weighted by atomic mass is 9.86. The molecule has 160 valence electrons. The first-order chi connectivity index (χ1) is 15.1. The first kappa shape index (κ1) is 20.1. The van der Waals surface area contributed by atoms with Crippen LogP contribution in [0.25, 0.3) is 5.69 Å². The van der Waals surface area contributed by atoms with Crippen LogP contribution in [0, 0.1) is 0 Å². The number of carbonyl (C=O) groups excluding carboxylic acids is 1. The molecule has 1 aromatic heterocycles. The van der Waals surface area contributed by atoms with Crippen LogP contribution in [0.15, 0.2) is 48.5 Å². The Morgan fingerprint density at radius 2 is 1.81 bits per heavy atom. The third-order valence-corrected chi connectivity index (χ3v) is 6.50. The fourth-order valence-electron chi connectivity index (χ4n) is 4.64. The Bertz CT molecular complexity index is 1090. The van der Waals surface area contributed by atoms with Gasteiger partial charge in [0.25, 0.3) is 0 Å². The van der Waals surface area contributed by atoms with E-state index >= 15 is 0 Å². The van der Waals surface area contributed by atoms with Crippen LogP contribution in [0.1, 0.15) is 55.7 Å². The van der Waals surface area contributed by atoms with Gasteiger partial charge in [-0.05, 0) is 61.6 Å². The second-order valence-corrected chi connectivity index (χ2v) is 8.80. The van der Waals surface area contributed by atoms with Crippen molar-refractivity contribution in [3.8, 4) is 11.4 Å². The molecule has 6 nitrogen and oxygen atoms in total. The van der Waals surface area contributed by atoms with Gasteiger partial charge in [0.1, 0.15) is 11.6 Å². The molecule has 5 rings (SSSR count). The lowest BCUT2D eigenvalue weighted by Crippen LogP contribution is -2.27. The van der Waals surface area contributed by atoms with Gasteiger partial charge < -0.3 is 9.64 Å². The summed E-state index contributed by atoms with van der Waals surface area (Å²) in [5.74, 6) is 3.03. The van der Waals surface area contributed by atoms with Crippen molar-refractivity contribution < 1.29 is 9.53 Å². The zero-order valence-corrected chi connectivity index (χ0v) is 18.3. The molecule has 2 aliphatic rings. The monoisotopic (exact) mass is 436 g/mol. The Morgan fingerprint density at radius 3 is 2.55 bits per heavy atom. The number of benzene rings is 2. The number of rotatable bonds is 3. The van der Waals surface area contributed by atoms with E-state index in [-0.39, 0.29) is 12.0 Å². The third-order valence-electron chi connectivity index (χ3n) is 6.26. The molecule has 2 aromatic carbocycles. The summed E-state index contributed by atoms with van der Waals surface area (Å²) in [4.78, 5) is 14.0. The zero-order valence-electron chi connectivity index (χ0n) is 17.5. The van der Waals surface area contributed by atoms with Crippen LogP contribution >= 0.6 is 11.6 Å². The van der Waals surface area contributed by atoms with E-state index in [1.165, 1.54) is 0 Å². The summed E-state index contributed by atoms with van der Waals surface area (Å²) in [7, 11) is 0. The van der Waals surface area contributed by atoms with Gasteiger partial charge in [-0.2, -0.15) is 0 Å². The van der Waals surface area contributed by atoms with Gasteiger partial charge in [-0.25, -0.2) is 0 Å². The summed E-state index contributed by atoms with van der Waals surface area (Å²) in [5, 5.41) is 9.74.